The van der Waals surface area contributed by atoms with Gasteiger partial charge in [0.1, 0.15) is 10.8 Å². The van der Waals surface area contributed by atoms with Crippen molar-refractivity contribution in [1.29, 1.82) is 0 Å². The van der Waals surface area contributed by atoms with Crippen LogP contribution in [-0.2, 0) is 24.7 Å². The van der Waals surface area contributed by atoms with Gasteiger partial charge in [0.05, 0.1) is 0 Å². The Morgan fingerprint density at radius 3 is 2.04 bits per heavy atom. The summed E-state index contributed by atoms with van der Waals surface area (Å²) >= 11 is 3.50. The lowest BCUT2D eigenvalue weighted by Gasteiger charge is -2.43. The molecule has 0 bridgehead atoms. The summed E-state index contributed by atoms with van der Waals surface area (Å²) in [7, 11) is 0. The first-order valence-corrected chi connectivity index (χ1v) is 11.1. The molecule has 2 saturated heterocycles. The fraction of sp³-hybridized carbons (Fsp3) is 0.636. The Balaban J connectivity index is 1.72. The van der Waals surface area contributed by atoms with Crippen LogP contribution in [0.4, 0.5) is 0 Å². The Kier molecular flexibility index (Phi) is 3.98. The second-order valence-corrected chi connectivity index (χ2v) is 9.69. The van der Waals surface area contributed by atoms with Crippen molar-refractivity contribution in [3.63, 3.8) is 0 Å². The molecule has 0 radical (unpaired) electrons. The van der Waals surface area contributed by atoms with E-state index in [1.807, 2.05) is 24.3 Å². The number of carbonyl (C=O) groups excluding carboxylic acids is 2. The highest BCUT2D eigenvalue weighted by Crippen LogP contribution is 2.68. The fourth-order valence-corrected chi connectivity index (χ4v) is 6.54. The molecular formula is C22H25BrO4. The molecule has 0 unspecified atom stereocenters. The minimum Gasteiger partial charge on any atom is -0.456 e. The van der Waals surface area contributed by atoms with Crippen molar-refractivity contribution in [3.05, 3.63) is 34.3 Å². The summed E-state index contributed by atoms with van der Waals surface area (Å²) in [6.07, 6.45) is 8.69. The molecule has 2 aliphatic heterocycles. The van der Waals surface area contributed by atoms with E-state index in [-0.39, 0.29) is 11.9 Å². The van der Waals surface area contributed by atoms with Gasteiger partial charge in [-0.1, -0.05) is 66.6 Å². The zero-order valence-corrected chi connectivity index (χ0v) is 17.1. The summed E-state index contributed by atoms with van der Waals surface area (Å²) in [6, 6.07) is 7.95. The molecule has 4 fully saturated rings. The summed E-state index contributed by atoms with van der Waals surface area (Å²) in [5.41, 5.74) is -1.46. The lowest BCUT2D eigenvalue weighted by atomic mass is 9.57. The maximum absolute atomic E-state index is 13.3. The molecule has 2 saturated carbocycles. The monoisotopic (exact) mass is 432 g/mol. The minimum atomic E-state index is -0.973. The molecule has 5 rings (SSSR count). The van der Waals surface area contributed by atoms with Crippen molar-refractivity contribution in [2.45, 2.75) is 75.9 Å². The van der Waals surface area contributed by atoms with E-state index in [9.17, 15) is 9.59 Å². The standard InChI is InChI=1S/C22H25BrO4/c23-16-9-7-15(8-10-16)22-17(20(18(24)27-22)11-3-1-4-12-20)26-19(25)21(22)13-5-2-6-14-21/h7-10,17H,1-6,11-14H2/t17-,22-/m0/s1. The Labute approximate surface area is 168 Å². The third-order valence-electron chi connectivity index (χ3n) is 7.58. The van der Waals surface area contributed by atoms with Crippen LogP contribution in [-0.4, -0.2) is 18.0 Å². The van der Waals surface area contributed by atoms with Crippen LogP contribution in [0.1, 0.15) is 69.8 Å². The molecule has 27 heavy (non-hydrogen) atoms. The number of esters is 2. The van der Waals surface area contributed by atoms with Crippen molar-refractivity contribution in [3.8, 4) is 0 Å². The third-order valence-corrected chi connectivity index (χ3v) is 8.11. The molecule has 144 valence electrons. The molecule has 2 heterocycles. The van der Waals surface area contributed by atoms with Crippen LogP contribution in [0, 0.1) is 10.8 Å². The normalized spacial score (nSPS) is 33.7. The molecule has 2 atom stereocenters. The largest absolute Gasteiger partial charge is 0.456 e. The summed E-state index contributed by atoms with van der Waals surface area (Å²) in [4.78, 5) is 26.6. The Morgan fingerprint density at radius 1 is 0.815 bits per heavy atom. The smallest absolute Gasteiger partial charge is 0.317 e. The van der Waals surface area contributed by atoms with Gasteiger partial charge in [0.2, 0.25) is 0 Å². The van der Waals surface area contributed by atoms with Crippen molar-refractivity contribution < 1.29 is 19.1 Å². The first-order chi connectivity index (χ1) is 13.1. The zero-order chi connectivity index (χ0) is 18.7. The van der Waals surface area contributed by atoms with Crippen molar-refractivity contribution in [2.75, 3.05) is 0 Å². The lowest BCUT2D eigenvalue weighted by molar-refractivity contribution is -0.173. The van der Waals surface area contributed by atoms with Gasteiger partial charge >= 0.3 is 11.9 Å². The maximum atomic E-state index is 13.3. The maximum Gasteiger partial charge on any atom is 0.317 e. The highest BCUT2D eigenvalue weighted by atomic mass is 79.9. The third kappa shape index (κ3) is 2.15. The van der Waals surface area contributed by atoms with Crippen LogP contribution in [0.15, 0.2) is 28.7 Å². The van der Waals surface area contributed by atoms with E-state index in [0.29, 0.717) is 0 Å². The van der Waals surface area contributed by atoms with Crippen molar-refractivity contribution in [1.82, 2.24) is 0 Å². The number of benzene rings is 1. The molecule has 0 aromatic heterocycles. The minimum absolute atomic E-state index is 0.146. The SMILES string of the molecule is O=C1O[C@@]2(c3ccc(Br)cc3)[C@@H](OC(=O)C23CCCCC3)C12CCCCC2. The summed E-state index contributed by atoms with van der Waals surface area (Å²) < 4.78 is 13.5. The highest BCUT2D eigenvalue weighted by molar-refractivity contribution is 9.10. The van der Waals surface area contributed by atoms with E-state index in [2.05, 4.69) is 15.9 Å². The van der Waals surface area contributed by atoms with Crippen LogP contribution < -0.4 is 0 Å². The van der Waals surface area contributed by atoms with E-state index < -0.39 is 22.5 Å². The topological polar surface area (TPSA) is 52.6 Å². The Bertz CT molecular complexity index is 772. The number of hydrogen-bond donors (Lipinski definition) is 0. The Hall–Kier alpha value is -1.36. The summed E-state index contributed by atoms with van der Waals surface area (Å²) in [6.45, 7) is 0. The quantitative estimate of drug-likeness (QED) is 0.584. The van der Waals surface area contributed by atoms with Gasteiger partial charge in [0.25, 0.3) is 0 Å². The second-order valence-electron chi connectivity index (χ2n) is 8.78. The van der Waals surface area contributed by atoms with Crippen LogP contribution in [0.3, 0.4) is 0 Å². The number of hydrogen-bond acceptors (Lipinski definition) is 4. The number of fused-ring (bicyclic) bond motifs is 3. The van der Waals surface area contributed by atoms with E-state index in [1.54, 1.807) is 0 Å². The summed E-state index contributed by atoms with van der Waals surface area (Å²) in [5, 5.41) is 0. The molecule has 0 amide bonds. The van der Waals surface area contributed by atoms with Gasteiger partial charge in [0.15, 0.2) is 11.7 Å². The fourth-order valence-electron chi connectivity index (χ4n) is 6.28. The predicted molar refractivity (Wildman–Crippen MR) is 103 cm³/mol. The van der Waals surface area contributed by atoms with Gasteiger partial charge in [0, 0.05) is 10.0 Å². The molecular weight excluding hydrogens is 408 g/mol. The van der Waals surface area contributed by atoms with E-state index in [4.69, 9.17) is 9.47 Å². The van der Waals surface area contributed by atoms with Gasteiger partial charge < -0.3 is 9.47 Å². The van der Waals surface area contributed by atoms with Crippen LogP contribution in [0.2, 0.25) is 0 Å². The molecule has 1 aromatic carbocycles. The van der Waals surface area contributed by atoms with E-state index in [1.165, 1.54) is 0 Å². The van der Waals surface area contributed by atoms with Gasteiger partial charge in [-0.3, -0.25) is 9.59 Å². The van der Waals surface area contributed by atoms with Crippen LogP contribution >= 0.6 is 15.9 Å². The summed E-state index contributed by atoms with van der Waals surface area (Å²) in [5.74, 6) is -0.292. The molecule has 4 aliphatic rings. The van der Waals surface area contributed by atoms with Gasteiger partial charge in [-0.25, -0.2) is 0 Å². The first-order valence-electron chi connectivity index (χ1n) is 10.3. The predicted octanol–water partition coefficient (Wildman–Crippen LogP) is 5.03. The number of carbonyl (C=O) groups is 2. The average molecular weight is 433 g/mol. The molecule has 2 spiro atoms. The van der Waals surface area contributed by atoms with Gasteiger partial charge in [-0.15, -0.1) is 0 Å². The number of ether oxygens (including phenoxy) is 2. The highest BCUT2D eigenvalue weighted by Gasteiger charge is 2.80. The molecule has 1 aromatic rings. The van der Waals surface area contributed by atoms with Crippen molar-refractivity contribution in [2.24, 2.45) is 10.8 Å². The molecule has 2 aliphatic carbocycles. The zero-order valence-electron chi connectivity index (χ0n) is 15.5. The molecule has 5 heteroatoms. The van der Waals surface area contributed by atoms with Gasteiger partial charge in [-0.2, -0.15) is 0 Å². The Morgan fingerprint density at radius 2 is 1.41 bits per heavy atom. The number of rotatable bonds is 1. The molecule has 0 N–H and O–H groups in total. The second kappa shape index (κ2) is 6.07. The van der Waals surface area contributed by atoms with Crippen LogP contribution in [0.5, 0.6) is 0 Å². The first kappa shape index (κ1) is 17.7. The lowest BCUT2D eigenvalue weighted by Crippen LogP contribution is -2.52. The van der Waals surface area contributed by atoms with Crippen molar-refractivity contribution >= 4 is 27.9 Å². The van der Waals surface area contributed by atoms with Gasteiger partial charge in [-0.05, 0) is 37.8 Å². The average Bonchev–Trinajstić information content (AvgIpc) is 3.06. The number of halogens is 1. The van der Waals surface area contributed by atoms with E-state index in [0.717, 1.165) is 74.2 Å². The van der Waals surface area contributed by atoms with Crippen LogP contribution in [0.25, 0.3) is 0 Å². The van der Waals surface area contributed by atoms with E-state index >= 15 is 0 Å². The molecule has 4 nitrogen and oxygen atoms in total.